The summed E-state index contributed by atoms with van der Waals surface area (Å²) in [6.07, 6.45) is 0. The van der Waals surface area contributed by atoms with Crippen molar-refractivity contribution in [2.75, 3.05) is 9.80 Å². The largest absolute Gasteiger partial charge is 0.311 e. The number of anilines is 6. The molecule has 17 rings (SSSR count). The summed E-state index contributed by atoms with van der Waals surface area (Å²) in [5.41, 5.74) is 18.0. The van der Waals surface area contributed by atoms with Crippen molar-refractivity contribution in [3.63, 3.8) is 0 Å². The third-order valence-corrected chi connectivity index (χ3v) is 17.1. The summed E-state index contributed by atoms with van der Waals surface area (Å²) < 4.78 is 0. The lowest BCUT2D eigenvalue weighted by Crippen LogP contribution is -2.61. The molecule has 15 aromatic rings. The van der Waals surface area contributed by atoms with Crippen LogP contribution in [0.25, 0.3) is 109 Å². The van der Waals surface area contributed by atoms with E-state index in [1.807, 2.05) is 0 Å². The van der Waals surface area contributed by atoms with Crippen molar-refractivity contribution >= 4 is 133 Å². The summed E-state index contributed by atoms with van der Waals surface area (Å²) in [5.74, 6) is 0. The van der Waals surface area contributed by atoms with Crippen LogP contribution in [0.15, 0.2) is 273 Å². The highest BCUT2D eigenvalue weighted by atomic mass is 15.2. The molecule has 0 fully saturated rings. The second-order valence-corrected chi connectivity index (χ2v) is 21.2. The maximum Gasteiger partial charge on any atom is 0.252 e. The van der Waals surface area contributed by atoms with Crippen LogP contribution in [-0.2, 0) is 0 Å². The van der Waals surface area contributed by atoms with Crippen molar-refractivity contribution in [2.24, 2.45) is 0 Å². The Bertz CT molecular complexity index is 4610. The fraction of sp³-hybridized carbons (Fsp3) is 0. The zero-order valence-electron chi connectivity index (χ0n) is 42.0. The molecule has 0 spiro atoms. The normalized spacial score (nSPS) is 12.9. The van der Waals surface area contributed by atoms with Crippen LogP contribution in [0.3, 0.4) is 0 Å². The number of nitrogens with zero attached hydrogens (tertiary/aromatic N) is 2. The van der Waals surface area contributed by atoms with Gasteiger partial charge in [0.15, 0.2) is 0 Å². The van der Waals surface area contributed by atoms with Crippen molar-refractivity contribution in [1.29, 1.82) is 0 Å². The van der Waals surface area contributed by atoms with Crippen LogP contribution >= 0.6 is 0 Å². The summed E-state index contributed by atoms with van der Waals surface area (Å²) >= 11 is 0. The standard InChI is InChI=1S/C74H45BN2/c1-3-12-46(13-4-1)48-30-34-60(35-31-48)76-68-44-64-54(26-22-50-16-7-9-20-62(50)64)40-66(68)75-67-41-55-27-23-51-17-8-10-21-63(51)65(55)45-69(67)77(61-36-32-49(33-37-61)47-14-5-2-6-15-47)71-43-59(42-70(76)74(71)75)58-38-56-28-24-52-18-11-19-53-25-29-57(39-58)73(56)72(52)53/h1-45H. The van der Waals surface area contributed by atoms with E-state index < -0.39 is 0 Å². The molecule has 77 heavy (non-hydrogen) atoms. The molecule has 2 aliphatic rings. The molecule has 354 valence electrons. The van der Waals surface area contributed by atoms with Gasteiger partial charge in [-0.3, -0.25) is 0 Å². The second-order valence-electron chi connectivity index (χ2n) is 21.2. The van der Waals surface area contributed by atoms with Gasteiger partial charge in [-0.25, -0.2) is 0 Å². The van der Waals surface area contributed by atoms with Crippen molar-refractivity contribution in [3.05, 3.63) is 273 Å². The Morgan fingerprint density at radius 3 is 1.09 bits per heavy atom. The van der Waals surface area contributed by atoms with E-state index in [1.54, 1.807) is 0 Å². The number of benzene rings is 15. The Kier molecular flexibility index (Phi) is 8.96. The van der Waals surface area contributed by atoms with Crippen LogP contribution in [0, 0.1) is 0 Å². The number of fused-ring (bicyclic) bond motifs is 10. The van der Waals surface area contributed by atoms with Gasteiger partial charge < -0.3 is 9.80 Å². The molecule has 0 bridgehead atoms. The average molecular weight is 973 g/mol. The van der Waals surface area contributed by atoms with Crippen LogP contribution < -0.4 is 26.2 Å². The molecule has 2 heterocycles. The topological polar surface area (TPSA) is 6.48 Å². The molecule has 0 saturated heterocycles. The lowest BCUT2D eigenvalue weighted by atomic mass is 9.33. The minimum atomic E-state index is -0.0871. The summed E-state index contributed by atoms with van der Waals surface area (Å²) in [7, 11) is 0. The fourth-order valence-electron chi connectivity index (χ4n) is 13.5. The average Bonchev–Trinajstić information content (AvgIpc) is 3.55. The maximum absolute atomic E-state index is 2.59. The second kappa shape index (κ2) is 16.3. The third-order valence-electron chi connectivity index (χ3n) is 17.1. The van der Waals surface area contributed by atoms with E-state index in [0.29, 0.717) is 0 Å². The maximum atomic E-state index is 2.59. The minimum absolute atomic E-state index is 0.0871. The van der Waals surface area contributed by atoms with E-state index in [9.17, 15) is 0 Å². The van der Waals surface area contributed by atoms with Crippen LogP contribution in [-0.4, -0.2) is 6.71 Å². The van der Waals surface area contributed by atoms with Crippen molar-refractivity contribution in [2.45, 2.75) is 0 Å². The minimum Gasteiger partial charge on any atom is -0.311 e. The van der Waals surface area contributed by atoms with Crippen LogP contribution in [0.4, 0.5) is 34.1 Å². The molecule has 3 heteroatoms. The van der Waals surface area contributed by atoms with Gasteiger partial charge in [0.25, 0.3) is 6.71 Å². The first-order chi connectivity index (χ1) is 38.1. The molecule has 0 aliphatic carbocycles. The highest BCUT2D eigenvalue weighted by Gasteiger charge is 2.44. The smallest absolute Gasteiger partial charge is 0.252 e. The summed E-state index contributed by atoms with van der Waals surface area (Å²) in [4.78, 5) is 5.18. The van der Waals surface area contributed by atoms with E-state index in [4.69, 9.17) is 0 Å². The highest BCUT2D eigenvalue weighted by Crippen LogP contribution is 2.49. The Hall–Kier alpha value is -9.96. The van der Waals surface area contributed by atoms with Crippen molar-refractivity contribution < 1.29 is 0 Å². The Balaban J connectivity index is 0.999. The van der Waals surface area contributed by atoms with Gasteiger partial charge in [0.05, 0.1) is 0 Å². The number of hydrogen-bond acceptors (Lipinski definition) is 2. The van der Waals surface area contributed by atoms with Gasteiger partial charge in [0.1, 0.15) is 0 Å². The van der Waals surface area contributed by atoms with Gasteiger partial charge in [-0.15, -0.1) is 0 Å². The first-order valence-corrected chi connectivity index (χ1v) is 26.8. The Morgan fingerprint density at radius 2 is 0.597 bits per heavy atom. The lowest BCUT2D eigenvalue weighted by molar-refractivity contribution is 1.26. The SMILES string of the molecule is c1ccc(-c2ccc(N3c4cc5c(ccc6ccccc65)cc4B4c5cc6ccc7ccccc7c6cc5N(c5ccc(-c6ccccc6)cc5)c5cc(-c6cc7ccc8cccc9ccc(c6)c7c89)cc3c54)cc2)cc1. The molecular formula is C74H45BN2. The summed E-state index contributed by atoms with van der Waals surface area (Å²) in [6.45, 7) is -0.0871. The predicted molar refractivity (Wildman–Crippen MR) is 331 cm³/mol. The van der Waals surface area contributed by atoms with Gasteiger partial charge in [-0.05, 0) is 186 Å². The van der Waals surface area contributed by atoms with E-state index in [0.717, 1.165) is 11.4 Å². The fourth-order valence-corrected chi connectivity index (χ4v) is 13.5. The zero-order chi connectivity index (χ0) is 50.3. The monoisotopic (exact) mass is 972 g/mol. The molecule has 2 nitrogen and oxygen atoms in total. The van der Waals surface area contributed by atoms with E-state index in [2.05, 4.69) is 283 Å². The first-order valence-electron chi connectivity index (χ1n) is 26.8. The van der Waals surface area contributed by atoms with Gasteiger partial charge in [0.2, 0.25) is 0 Å². The molecule has 0 atom stereocenters. The van der Waals surface area contributed by atoms with Crippen LogP contribution in [0.2, 0.25) is 0 Å². The van der Waals surface area contributed by atoms with Crippen LogP contribution in [0.5, 0.6) is 0 Å². The first kappa shape index (κ1) is 42.4. The molecule has 0 saturated carbocycles. The Labute approximate surface area is 446 Å². The van der Waals surface area contributed by atoms with Gasteiger partial charge in [-0.1, -0.05) is 212 Å². The molecule has 0 amide bonds. The molecule has 0 radical (unpaired) electrons. The van der Waals surface area contributed by atoms with E-state index in [-0.39, 0.29) is 6.71 Å². The number of rotatable bonds is 5. The Morgan fingerprint density at radius 1 is 0.221 bits per heavy atom. The van der Waals surface area contributed by atoms with Crippen molar-refractivity contribution in [3.8, 4) is 33.4 Å². The van der Waals surface area contributed by atoms with E-state index >= 15 is 0 Å². The van der Waals surface area contributed by atoms with Gasteiger partial charge in [-0.2, -0.15) is 0 Å². The molecule has 2 aliphatic heterocycles. The van der Waals surface area contributed by atoms with Gasteiger partial charge >= 0.3 is 0 Å². The molecule has 0 aromatic heterocycles. The molecular weight excluding hydrogens is 928 g/mol. The molecule has 0 unspecified atom stereocenters. The molecule has 0 N–H and O–H groups in total. The zero-order valence-corrected chi connectivity index (χ0v) is 42.0. The highest BCUT2D eigenvalue weighted by molar-refractivity contribution is 7.00. The van der Waals surface area contributed by atoms with Crippen LogP contribution in [0.1, 0.15) is 0 Å². The third kappa shape index (κ3) is 6.38. The number of hydrogen-bond donors (Lipinski definition) is 0. The van der Waals surface area contributed by atoms with Gasteiger partial charge in [0, 0.05) is 34.1 Å². The van der Waals surface area contributed by atoms with E-state index in [1.165, 1.54) is 148 Å². The summed E-state index contributed by atoms with van der Waals surface area (Å²) in [6, 6.07) is 103. The van der Waals surface area contributed by atoms with Crippen molar-refractivity contribution in [1.82, 2.24) is 0 Å². The quantitative estimate of drug-likeness (QED) is 0.125. The lowest BCUT2D eigenvalue weighted by Gasteiger charge is -2.45. The molecule has 15 aromatic carbocycles. The summed E-state index contributed by atoms with van der Waals surface area (Å²) in [5, 5.41) is 17.7. The predicted octanol–water partition coefficient (Wildman–Crippen LogP) is 18.3.